The zero-order chi connectivity index (χ0) is 18.2. The second-order valence-corrected chi connectivity index (χ2v) is 8.86. The number of nitrogens with one attached hydrogen (secondary N) is 1. The van der Waals surface area contributed by atoms with Gasteiger partial charge in [-0.2, -0.15) is 0 Å². The van der Waals surface area contributed by atoms with E-state index < -0.39 is 0 Å². The molecule has 0 aromatic rings. The van der Waals surface area contributed by atoms with Crippen LogP contribution in [0.25, 0.3) is 0 Å². The van der Waals surface area contributed by atoms with Crippen LogP contribution in [-0.2, 0) is 0 Å². The maximum Gasteiger partial charge on any atom is 0.105 e. The summed E-state index contributed by atoms with van der Waals surface area (Å²) in [6, 6.07) is 2.21. The van der Waals surface area contributed by atoms with Gasteiger partial charge in [-0.25, -0.2) is 0 Å². The normalized spacial score (nSPS) is 34.4. The first-order valence-electron chi connectivity index (χ1n) is 11.0. The number of nitrogens with zero attached hydrogens (tertiary/aromatic N) is 1. The maximum atomic E-state index is 3.76. The molecule has 1 heterocycles. The highest BCUT2D eigenvalue weighted by molar-refractivity contribution is 4.85. The van der Waals surface area contributed by atoms with Gasteiger partial charge in [0.15, 0.2) is 0 Å². The topological polar surface area (TPSA) is 12.0 Å². The number of hydrogen-bond donors (Lipinski definition) is 1. The molecule has 0 aromatic heterocycles. The van der Waals surface area contributed by atoms with Gasteiger partial charge in [-0.1, -0.05) is 53.4 Å². The summed E-state index contributed by atoms with van der Waals surface area (Å²) in [6.45, 7) is 13.5. The second-order valence-electron chi connectivity index (χ2n) is 8.86. The lowest BCUT2D eigenvalue weighted by Gasteiger charge is -2.52. The first-order chi connectivity index (χ1) is 11.4. The van der Waals surface area contributed by atoms with Crippen molar-refractivity contribution in [2.24, 2.45) is 11.8 Å². The molecule has 6 atom stereocenters. The third-order valence-electron chi connectivity index (χ3n) is 7.22. The Kier molecular flexibility index (Phi) is 9.89. The van der Waals surface area contributed by atoms with Gasteiger partial charge in [0, 0.05) is 6.42 Å². The molecular formula is C22H47N2+. The quantitative estimate of drug-likeness (QED) is 0.538. The molecular weight excluding hydrogens is 292 g/mol. The fraction of sp³-hybridized carbons (Fsp3) is 1.00. The predicted octanol–water partition coefficient (Wildman–Crippen LogP) is 5.61. The number of rotatable bonds is 9. The van der Waals surface area contributed by atoms with E-state index in [1.807, 2.05) is 0 Å². The molecule has 0 bridgehead atoms. The van der Waals surface area contributed by atoms with Crippen LogP contribution in [0.3, 0.4) is 0 Å². The average molecular weight is 340 g/mol. The van der Waals surface area contributed by atoms with E-state index in [1.165, 1.54) is 68.8 Å². The van der Waals surface area contributed by atoms with Crippen molar-refractivity contribution >= 4 is 0 Å². The van der Waals surface area contributed by atoms with Crippen molar-refractivity contribution < 1.29 is 4.48 Å². The maximum absolute atomic E-state index is 3.76. The number of likely N-dealkylation sites (tertiary alicyclic amines) is 1. The molecule has 6 unspecified atom stereocenters. The summed E-state index contributed by atoms with van der Waals surface area (Å²) in [5.41, 5.74) is 0. The molecule has 0 aromatic carbocycles. The molecule has 1 aliphatic rings. The van der Waals surface area contributed by atoms with Crippen LogP contribution in [0, 0.1) is 11.8 Å². The van der Waals surface area contributed by atoms with Gasteiger partial charge in [-0.15, -0.1) is 0 Å². The SMILES string of the molecule is CCCCC(C)CC(C)[N+]1(C)CCCCC(CC)C(NC)C1CC. The molecule has 24 heavy (non-hydrogen) atoms. The third kappa shape index (κ3) is 5.46. The molecule has 0 amide bonds. The Morgan fingerprint density at radius 3 is 2.33 bits per heavy atom. The van der Waals surface area contributed by atoms with Crippen molar-refractivity contribution in [1.82, 2.24) is 5.32 Å². The van der Waals surface area contributed by atoms with Crippen molar-refractivity contribution in [3.8, 4) is 0 Å². The summed E-state index contributed by atoms with van der Waals surface area (Å²) in [6.07, 6.45) is 12.4. The Morgan fingerprint density at radius 2 is 1.79 bits per heavy atom. The van der Waals surface area contributed by atoms with Crippen LogP contribution in [0.15, 0.2) is 0 Å². The summed E-state index contributed by atoms with van der Waals surface area (Å²) >= 11 is 0. The van der Waals surface area contributed by atoms with Gasteiger partial charge in [0.2, 0.25) is 0 Å². The minimum atomic E-state index is 0.679. The lowest BCUT2D eigenvalue weighted by molar-refractivity contribution is -0.957. The molecule has 0 radical (unpaired) electrons. The zero-order valence-corrected chi connectivity index (χ0v) is 17.9. The Labute approximate surface area is 153 Å². The molecule has 0 spiro atoms. The average Bonchev–Trinajstić information content (AvgIpc) is 2.56. The van der Waals surface area contributed by atoms with Crippen LogP contribution < -0.4 is 5.32 Å². The highest BCUT2D eigenvalue weighted by Crippen LogP contribution is 2.34. The summed E-state index contributed by atoms with van der Waals surface area (Å²) in [4.78, 5) is 0. The lowest BCUT2D eigenvalue weighted by atomic mass is 9.81. The fourth-order valence-corrected chi connectivity index (χ4v) is 5.48. The standard InChI is InChI=1S/C22H47N2/c1-8-11-14-18(4)17-19(5)24(7)16-13-12-15-20(9-2)22(23-6)21(24)10-3/h18-23H,8-17H2,1-7H3/q+1. The second kappa shape index (κ2) is 10.8. The van der Waals surface area contributed by atoms with Gasteiger partial charge in [-0.3, -0.25) is 0 Å². The molecule has 1 rings (SSSR count). The lowest BCUT2D eigenvalue weighted by Crippen LogP contribution is -2.66. The molecule has 144 valence electrons. The number of hydrogen-bond acceptors (Lipinski definition) is 1. The minimum Gasteiger partial charge on any atom is -0.320 e. The highest BCUT2D eigenvalue weighted by atomic mass is 15.4. The van der Waals surface area contributed by atoms with Crippen LogP contribution in [-0.4, -0.2) is 43.2 Å². The summed E-state index contributed by atoms with van der Waals surface area (Å²) in [5.74, 6) is 1.72. The molecule has 1 saturated heterocycles. The van der Waals surface area contributed by atoms with Gasteiger partial charge >= 0.3 is 0 Å². The van der Waals surface area contributed by atoms with E-state index in [4.69, 9.17) is 0 Å². The fourth-order valence-electron chi connectivity index (χ4n) is 5.48. The van der Waals surface area contributed by atoms with E-state index in [9.17, 15) is 0 Å². The summed E-state index contributed by atoms with van der Waals surface area (Å²) < 4.78 is 1.29. The first-order valence-corrected chi connectivity index (χ1v) is 11.0. The largest absolute Gasteiger partial charge is 0.320 e. The van der Waals surface area contributed by atoms with Crippen molar-refractivity contribution in [3.05, 3.63) is 0 Å². The zero-order valence-electron chi connectivity index (χ0n) is 17.9. The van der Waals surface area contributed by atoms with Crippen LogP contribution in [0.5, 0.6) is 0 Å². The smallest absolute Gasteiger partial charge is 0.105 e. The van der Waals surface area contributed by atoms with Gasteiger partial charge < -0.3 is 9.80 Å². The molecule has 1 N–H and O–H groups in total. The molecule has 1 fully saturated rings. The first kappa shape index (κ1) is 22.0. The Balaban J connectivity index is 2.95. The summed E-state index contributed by atoms with van der Waals surface area (Å²) in [5, 5.41) is 3.76. The van der Waals surface area contributed by atoms with Crippen LogP contribution in [0.4, 0.5) is 0 Å². The molecule has 0 saturated carbocycles. The van der Waals surface area contributed by atoms with E-state index in [1.54, 1.807) is 0 Å². The van der Waals surface area contributed by atoms with E-state index in [0.717, 1.165) is 23.9 Å². The van der Waals surface area contributed by atoms with E-state index in [2.05, 4.69) is 54.0 Å². The Morgan fingerprint density at radius 1 is 1.08 bits per heavy atom. The van der Waals surface area contributed by atoms with Gasteiger partial charge in [0.1, 0.15) is 6.04 Å². The molecule has 2 heteroatoms. The summed E-state index contributed by atoms with van der Waals surface area (Å²) in [7, 11) is 4.78. The van der Waals surface area contributed by atoms with Crippen molar-refractivity contribution in [3.63, 3.8) is 0 Å². The Bertz CT molecular complexity index is 330. The number of likely N-dealkylation sites (N-methyl/N-ethyl adjacent to an activating group) is 2. The molecule has 2 nitrogen and oxygen atoms in total. The monoisotopic (exact) mass is 339 g/mol. The van der Waals surface area contributed by atoms with E-state index in [-0.39, 0.29) is 0 Å². The number of quaternary nitrogens is 1. The van der Waals surface area contributed by atoms with Crippen molar-refractivity contribution in [1.29, 1.82) is 0 Å². The van der Waals surface area contributed by atoms with Crippen LogP contribution >= 0.6 is 0 Å². The third-order valence-corrected chi connectivity index (χ3v) is 7.22. The molecule has 1 aliphatic heterocycles. The van der Waals surface area contributed by atoms with Crippen molar-refractivity contribution in [2.75, 3.05) is 20.6 Å². The highest BCUT2D eigenvalue weighted by Gasteiger charge is 2.44. The van der Waals surface area contributed by atoms with E-state index in [0.29, 0.717) is 6.04 Å². The minimum absolute atomic E-state index is 0.679. The van der Waals surface area contributed by atoms with Gasteiger partial charge in [0.25, 0.3) is 0 Å². The van der Waals surface area contributed by atoms with Crippen LogP contribution in [0.1, 0.15) is 92.4 Å². The predicted molar refractivity (Wildman–Crippen MR) is 108 cm³/mol. The Hall–Kier alpha value is -0.0800. The number of unbranched alkanes of at least 4 members (excludes halogenated alkanes) is 1. The molecule has 0 aliphatic carbocycles. The van der Waals surface area contributed by atoms with Crippen molar-refractivity contribution in [2.45, 2.75) is 111 Å². The van der Waals surface area contributed by atoms with Crippen LogP contribution in [0.2, 0.25) is 0 Å². The van der Waals surface area contributed by atoms with E-state index >= 15 is 0 Å². The van der Waals surface area contributed by atoms with Gasteiger partial charge in [-0.05, 0) is 51.5 Å². The van der Waals surface area contributed by atoms with Gasteiger partial charge in [0.05, 0.1) is 25.7 Å².